The Hall–Kier alpha value is -0.500. The van der Waals surface area contributed by atoms with Crippen molar-refractivity contribution in [1.82, 2.24) is 15.2 Å². The van der Waals surface area contributed by atoms with E-state index in [1.54, 1.807) is 11.3 Å². The van der Waals surface area contributed by atoms with Gasteiger partial charge in [0.15, 0.2) is 9.84 Å². The van der Waals surface area contributed by atoms with Crippen LogP contribution in [-0.4, -0.2) is 50.2 Å². The average molecular weight is 315 g/mol. The predicted octanol–water partition coefficient (Wildman–Crippen LogP) is 0.754. The van der Waals surface area contributed by atoms with Crippen LogP contribution in [0.15, 0.2) is 0 Å². The molecule has 0 spiro atoms. The molecule has 0 bridgehead atoms. The first-order valence-corrected chi connectivity index (χ1v) is 9.67. The van der Waals surface area contributed by atoms with Gasteiger partial charge in [-0.15, -0.1) is 11.3 Å². The number of piperazine rings is 1. The van der Waals surface area contributed by atoms with Gasteiger partial charge in [0.2, 0.25) is 0 Å². The summed E-state index contributed by atoms with van der Waals surface area (Å²) in [4.78, 5) is 8.14. The molecule has 0 aliphatic carbocycles. The van der Waals surface area contributed by atoms with Gasteiger partial charge >= 0.3 is 0 Å². The standard InChI is InChI=1S/C13H21N3O2S2/c1-13(2,16-6-4-14-5-7-16)12-15-10-3-8-20(17,18)9-11(10)19-12/h14H,3-9H2,1-2H3. The molecule has 0 radical (unpaired) electrons. The molecule has 2 aliphatic heterocycles. The van der Waals surface area contributed by atoms with E-state index in [0.29, 0.717) is 6.42 Å². The smallest absolute Gasteiger partial charge is 0.155 e. The van der Waals surface area contributed by atoms with Crippen LogP contribution in [0.2, 0.25) is 0 Å². The lowest BCUT2D eigenvalue weighted by Gasteiger charge is -2.39. The van der Waals surface area contributed by atoms with Crippen molar-refractivity contribution in [3.8, 4) is 0 Å². The first-order chi connectivity index (χ1) is 9.38. The molecule has 1 fully saturated rings. The number of rotatable bonds is 2. The number of aryl methyl sites for hydroxylation is 1. The maximum Gasteiger partial charge on any atom is 0.155 e. The lowest BCUT2D eigenvalue weighted by molar-refractivity contribution is 0.102. The molecule has 0 atom stereocenters. The van der Waals surface area contributed by atoms with Gasteiger partial charge in [0.25, 0.3) is 0 Å². The lowest BCUT2D eigenvalue weighted by Crippen LogP contribution is -2.51. The van der Waals surface area contributed by atoms with E-state index >= 15 is 0 Å². The molecule has 20 heavy (non-hydrogen) atoms. The number of fused-ring (bicyclic) bond motifs is 1. The van der Waals surface area contributed by atoms with Crippen molar-refractivity contribution in [2.45, 2.75) is 31.6 Å². The highest BCUT2D eigenvalue weighted by Crippen LogP contribution is 2.35. The van der Waals surface area contributed by atoms with Gasteiger partial charge in [0.1, 0.15) is 5.01 Å². The Balaban J connectivity index is 1.89. The van der Waals surface area contributed by atoms with Crippen molar-refractivity contribution in [2.75, 3.05) is 31.9 Å². The summed E-state index contributed by atoms with van der Waals surface area (Å²) in [5.41, 5.74) is 0.886. The molecule has 1 aromatic heterocycles. The second-order valence-corrected chi connectivity index (χ2v) is 9.29. The summed E-state index contributed by atoms with van der Waals surface area (Å²) < 4.78 is 23.5. The largest absolute Gasteiger partial charge is 0.314 e. The normalized spacial score (nSPS) is 23.5. The van der Waals surface area contributed by atoms with Crippen LogP contribution in [0.25, 0.3) is 0 Å². The first-order valence-electron chi connectivity index (χ1n) is 7.04. The van der Waals surface area contributed by atoms with Crippen LogP contribution in [0.3, 0.4) is 0 Å². The minimum atomic E-state index is -2.91. The Morgan fingerprint density at radius 1 is 1.30 bits per heavy atom. The van der Waals surface area contributed by atoms with Gasteiger partial charge in [-0.3, -0.25) is 4.90 Å². The fourth-order valence-electron chi connectivity index (χ4n) is 2.84. The number of hydrogen-bond acceptors (Lipinski definition) is 6. The minimum Gasteiger partial charge on any atom is -0.314 e. The maximum atomic E-state index is 11.7. The molecule has 0 amide bonds. The number of nitrogens with one attached hydrogen (secondary N) is 1. The Morgan fingerprint density at radius 2 is 2.00 bits per heavy atom. The van der Waals surface area contributed by atoms with Crippen LogP contribution in [0.5, 0.6) is 0 Å². The van der Waals surface area contributed by atoms with Crippen molar-refractivity contribution < 1.29 is 8.42 Å². The van der Waals surface area contributed by atoms with E-state index in [1.807, 2.05) is 0 Å². The van der Waals surface area contributed by atoms with Crippen molar-refractivity contribution >= 4 is 21.2 Å². The van der Waals surface area contributed by atoms with Gasteiger partial charge in [0.05, 0.1) is 22.7 Å². The van der Waals surface area contributed by atoms with Crippen LogP contribution >= 0.6 is 11.3 Å². The van der Waals surface area contributed by atoms with E-state index in [9.17, 15) is 8.42 Å². The van der Waals surface area contributed by atoms with Gasteiger partial charge in [-0.05, 0) is 13.8 Å². The van der Waals surface area contributed by atoms with Gasteiger partial charge in [-0.2, -0.15) is 0 Å². The first kappa shape index (κ1) is 14.4. The van der Waals surface area contributed by atoms with Crippen molar-refractivity contribution in [1.29, 1.82) is 0 Å². The summed E-state index contributed by atoms with van der Waals surface area (Å²) in [5, 5.41) is 4.42. The summed E-state index contributed by atoms with van der Waals surface area (Å²) in [6, 6.07) is 0. The highest BCUT2D eigenvalue weighted by atomic mass is 32.2. The number of aromatic nitrogens is 1. The monoisotopic (exact) mass is 315 g/mol. The molecule has 3 heterocycles. The summed E-state index contributed by atoms with van der Waals surface area (Å²) >= 11 is 1.59. The third-order valence-electron chi connectivity index (χ3n) is 4.21. The molecular weight excluding hydrogens is 294 g/mol. The second-order valence-electron chi connectivity index (χ2n) is 6.03. The molecule has 1 N–H and O–H groups in total. The Morgan fingerprint density at radius 3 is 2.70 bits per heavy atom. The van der Waals surface area contributed by atoms with Crippen LogP contribution in [-0.2, 0) is 27.5 Å². The Kier molecular flexibility index (Phi) is 3.64. The summed E-state index contributed by atoms with van der Waals surface area (Å²) in [6.45, 7) is 8.41. The van der Waals surface area contributed by atoms with E-state index in [1.165, 1.54) is 0 Å². The zero-order chi connectivity index (χ0) is 14.4. The van der Waals surface area contributed by atoms with Crippen molar-refractivity contribution in [2.24, 2.45) is 0 Å². The Labute approximate surface area is 124 Å². The van der Waals surface area contributed by atoms with Crippen LogP contribution in [0, 0.1) is 0 Å². The second kappa shape index (κ2) is 5.05. The van der Waals surface area contributed by atoms with Crippen LogP contribution in [0.1, 0.15) is 29.4 Å². The fourth-order valence-corrected chi connectivity index (χ4v) is 5.86. The Bertz CT molecular complexity index is 601. The number of hydrogen-bond donors (Lipinski definition) is 1. The quantitative estimate of drug-likeness (QED) is 0.873. The van der Waals surface area contributed by atoms with Gasteiger partial charge in [-0.25, -0.2) is 13.4 Å². The maximum absolute atomic E-state index is 11.7. The molecule has 112 valence electrons. The third kappa shape index (κ3) is 2.64. The SMILES string of the molecule is CC(C)(c1nc2c(s1)CS(=O)(=O)CC2)N1CCNCC1. The zero-order valence-corrected chi connectivity index (χ0v) is 13.6. The van der Waals surface area contributed by atoms with Gasteiger partial charge < -0.3 is 5.32 Å². The summed E-state index contributed by atoms with van der Waals surface area (Å²) in [7, 11) is -2.91. The molecular formula is C13H21N3O2S2. The third-order valence-corrected chi connectivity index (χ3v) is 7.36. The molecule has 7 heteroatoms. The highest BCUT2D eigenvalue weighted by molar-refractivity contribution is 7.90. The molecule has 0 aromatic carbocycles. The topological polar surface area (TPSA) is 62.3 Å². The zero-order valence-electron chi connectivity index (χ0n) is 12.0. The molecule has 1 aromatic rings. The molecule has 0 unspecified atom stereocenters. The van der Waals surface area contributed by atoms with Gasteiger partial charge in [0, 0.05) is 37.5 Å². The summed E-state index contributed by atoms with van der Waals surface area (Å²) in [6.07, 6.45) is 0.575. The van der Waals surface area contributed by atoms with Gasteiger partial charge in [-0.1, -0.05) is 0 Å². The number of nitrogens with zero attached hydrogens (tertiary/aromatic N) is 2. The van der Waals surface area contributed by atoms with Crippen molar-refractivity contribution in [3.05, 3.63) is 15.6 Å². The number of sulfone groups is 1. The highest BCUT2D eigenvalue weighted by Gasteiger charge is 2.35. The van der Waals surface area contributed by atoms with E-state index in [4.69, 9.17) is 4.98 Å². The van der Waals surface area contributed by atoms with E-state index in [2.05, 4.69) is 24.1 Å². The van der Waals surface area contributed by atoms with Crippen LogP contribution in [0.4, 0.5) is 0 Å². The predicted molar refractivity (Wildman–Crippen MR) is 80.8 cm³/mol. The van der Waals surface area contributed by atoms with E-state index in [0.717, 1.165) is 41.8 Å². The molecule has 0 saturated carbocycles. The fraction of sp³-hybridized carbons (Fsp3) is 0.769. The van der Waals surface area contributed by atoms with E-state index < -0.39 is 9.84 Å². The molecule has 1 saturated heterocycles. The van der Waals surface area contributed by atoms with Crippen molar-refractivity contribution in [3.63, 3.8) is 0 Å². The molecule has 2 aliphatic rings. The minimum absolute atomic E-state index is 0.117. The molecule has 5 nitrogen and oxygen atoms in total. The average Bonchev–Trinajstić information content (AvgIpc) is 2.82. The van der Waals surface area contributed by atoms with Crippen LogP contribution < -0.4 is 5.32 Å². The number of thiazole rings is 1. The molecule has 3 rings (SSSR count). The summed E-state index contributed by atoms with van der Waals surface area (Å²) in [5.74, 6) is 0.425. The van der Waals surface area contributed by atoms with E-state index in [-0.39, 0.29) is 17.0 Å². The lowest BCUT2D eigenvalue weighted by atomic mass is 10.0.